The number of anilines is 1. The third-order valence-corrected chi connectivity index (χ3v) is 7.05. The maximum absolute atomic E-state index is 12.0. The van der Waals surface area contributed by atoms with Gasteiger partial charge in [-0.3, -0.25) is 4.90 Å². The van der Waals surface area contributed by atoms with Gasteiger partial charge in [0, 0.05) is 23.6 Å². The van der Waals surface area contributed by atoms with Crippen LogP contribution in [0, 0.1) is 0 Å². The second-order valence-electron chi connectivity index (χ2n) is 8.92. The molecule has 2 aliphatic heterocycles. The van der Waals surface area contributed by atoms with Crippen molar-refractivity contribution in [1.82, 2.24) is 14.9 Å². The Kier molecular flexibility index (Phi) is 5.18. The molecule has 1 aromatic heterocycles. The standard InChI is InChI=1S/C25H30N4O2/c1-16-8-9-20-21(28(16)25(30)31)10-11-22-23(20)27-24(17(2)18-6-4-3-5-7-18)29(22)19-12-14-26-15-13-19/h3-7,10-11,16-17,19,26H,8-9,12-15H2,1-2H3,(H,30,31)/t16-,17?/m0/s1. The van der Waals surface area contributed by atoms with Crippen molar-refractivity contribution in [3.63, 3.8) is 0 Å². The Balaban J connectivity index is 1.71. The van der Waals surface area contributed by atoms with Gasteiger partial charge < -0.3 is 15.0 Å². The summed E-state index contributed by atoms with van der Waals surface area (Å²) < 4.78 is 2.46. The Hall–Kier alpha value is -2.86. The fraction of sp³-hybridized carbons (Fsp3) is 0.440. The highest BCUT2D eigenvalue weighted by atomic mass is 16.4. The van der Waals surface area contributed by atoms with Crippen molar-refractivity contribution in [3.05, 3.63) is 59.4 Å². The van der Waals surface area contributed by atoms with Crippen LogP contribution in [-0.4, -0.2) is 39.9 Å². The molecule has 2 atom stereocenters. The predicted molar refractivity (Wildman–Crippen MR) is 123 cm³/mol. The van der Waals surface area contributed by atoms with Crippen molar-refractivity contribution in [3.8, 4) is 0 Å². The third-order valence-electron chi connectivity index (χ3n) is 7.05. The van der Waals surface area contributed by atoms with Gasteiger partial charge in [-0.2, -0.15) is 0 Å². The second kappa shape index (κ2) is 8.00. The van der Waals surface area contributed by atoms with Crippen LogP contribution < -0.4 is 10.2 Å². The maximum atomic E-state index is 12.0. The monoisotopic (exact) mass is 418 g/mol. The summed E-state index contributed by atoms with van der Waals surface area (Å²) in [7, 11) is 0. The quantitative estimate of drug-likeness (QED) is 0.633. The fourth-order valence-electron chi connectivity index (χ4n) is 5.35. The number of fused-ring (bicyclic) bond motifs is 3. The van der Waals surface area contributed by atoms with Gasteiger partial charge in [-0.1, -0.05) is 37.3 Å². The number of imidazole rings is 1. The molecule has 1 fully saturated rings. The van der Waals surface area contributed by atoms with Crippen LogP contribution in [0.25, 0.3) is 11.0 Å². The average Bonchev–Trinajstić information content (AvgIpc) is 3.19. The molecule has 0 bridgehead atoms. The summed E-state index contributed by atoms with van der Waals surface area (Å²) in [5.41, 5.74) is 5.25. The van der Waals surface area contributed by atoms with Gasteiger partial charge in [0.25, 0.3) is 0 Å². The van der Waals surface area contributed by atoms with Crippen molar-refractivity contribution >= 4 is 22.8 Å². The molecule has 0 aliphatic carbocycles. The van der Waals surface area contributed by atoms with Crippen molar-refractivity contribution < 1.29 is 9.90 Å². The fourth-order valence-corrected chi connectivity index (χ4v) is 5.35. The minimum atomic E-state index is -0.886. The Morgan fingerprint density at radius 3 is 2.58 bits per heavy atom. The maximum Gasteiger partial charge on any atom is 0.412 e. The van der Waals surface area contributed by atoms with E-state index in [4.69, 9.17) is 4.98 Å². The third kappa shape index (κ3) is 3.39. The number of aryl methyl sites for hydroxylation is 1. The zero-order valence-electron chi connectivity index (χ0n) is 18.2. The molecule has 0 spiro atoms. The van der Waals surface area contributed by atoms with Gasteiger partial charge in [0.1, 0.15) is 5.82 Å². The van der Waals surface area contributed by atoms with Gasteiger partial charge in [-0.15, -0.1) is 0 Å². The summed E-state index contributed by atoms with van der Waals surface area (Å²) in [5, 5.41) is 13.3. The van der Waals surface area contributed by atoms with E-state index < -0.39 is 6.09 Å². The average molecular weight is 419 g/mol. The van der Waals surface area contributed by atoms with E-state index in [-0.39, 0.29) is 12.0 Å². The largest absolute Gasteiger partial charge is 0.465 e. The summed E-state index contributed by atoms with van der Waals surface area (Å²) >= 11 is 0. The molecule has 0 radical (unpaired) electrons. The van der Waals surface area contributed by atoms with E-state index >= 15 is 0 Å². The van der Waals surface area contributed by atoms with Crippen LogP contribution in [0.3, 0.4) is 0 Å². The first kappa shape index (κ1) is 20.1. The van der Waals surface area contributed by atoms with Crippen LogP contribution in [0.1, 0.15) is 62.0 Å². The van der Waals surface area contributed by atoms with Gasteiger partial charge in [0.15, 0.2) is 0 Å². The highest BCUT2D eigenvalue weighted by Crippen LogP contribution is 2.40. The second-order valence-corrected chi connectivity index (χ2v) is 8.92. The van der Waals surface area contributed by atoms with E-state index in [1.807, 2.05) is 19.1 Å². The first-order chi connectivity index (χ1) is 15.1. The number of piperidine rings is 1. The van der Waals surface area contributed by atoms with Crippen LogP contribution in [0.4, 0.5) is 10.5 Å². The van der Waals surface area contributed by atoms with Gasteiger partial charge in [-0.05, 0) is 63.4 Å². The molecule has 1 amide bonds. The molecule has 3 aromatic rings. The first-order valence-corrected chi connectivity index (χ1v) is 11.4. The van der Waals surface area contributed by atoms with E-state index in [1.165, 1.54) is 10.5 Å². The number of aromatic nitrogens is 2. The van der Waals surface area contributed by atoms with Crippen LogP contribution in [0.2, 0.25) is 0 Å². The molecule has 0 saturated carbocycles. The number of carboxylic acid groups (broad SMARTS) is 1. The number of nitrogens with one attached hydrogen (secondary N) is 1. The highest BCUT2D eigenvalue weighted by Gasteiger charge is 2.32. The van der Waals surface area contributed by atoms with Crippen LogP contribution in [0.5, 0.6) is 0 Å². The molecule has 162 valence electrons. The molecule has 1 saturated heterocycles. The van der Waals surface area contributed by atoms with E-state index in [2.05, 4.69) is 47.1 Å². The minimum Gasteiger partial charge on any atom is -0.465 e. The van der Waals surface area contributed by atoms with Crippen molar-refractivity contribution in [2.45, 2.75) is 57.5 Å². The summed E-state index contributed by atoms with van der Waals surface area (Å²) in [6.45, 7) is 6.24. The summed E-state index contributed by atoms with van der Waals surface area (Å²) in [4.78, 5) is 18.7. The van der Waals surface area contributed by atoms with Crippen LogP contribution in [0.15, 0.2) is 42.5 Å². The minimum absolute atomic E-state index is 0.0170. The van der Waals surface area contributed by atoms with Crippen molar-refractivity contribution in [1.29, 1.82) is 0 Å². The number of benzene rings is 2. The number of nitrogens with zero attached hydrogens (tertiary/aromatic N) is 3. The lowest BCUT2D eigenvalue weighted by Crippen LogP contribution is -2.41. The van der Waals surface area contributed by atoms with E-state index in [0.29, 0.717) is 6.04 Å². The van der Waals surface area contributed by atoms with Gasteiger partial charge >= 0.3 is 6.09 Å². The number of hydrogen-bond acceptors (Lipinski definition) is 3. The van der Waals surface area contributed by atoms with Crippen LogP contribution in [-0.2, 0) is 6.42 Å². The summed E-state index contributed by atoms with van der Waals surface area (Å²) in [5.74, 6) is 1.25. The SMILES string of the molecule is CC(c1ccccc1)c1nc2c3c(ccc2n1C1CCNCC1)N(C(=O)O)[C@@H](C)CC3. The first-order valence-electron chi connectivity index (χ1n) is 11.4. The molecule has 2 aliphatic rings. The van der Waals surface area contributed by atoms with Crippen LogP contribution >= 0.6 is 0 Å². The number of rotatable bonds is 3. The lowest BCUT2D eigenvalue weighted by molar-refractivity contribution is 0.198. The summed E-state index contributed by atoms with van der Waals surface area (Å²) in [6, 6.07) is 15.0. The molecular formula is C25H30N4O2. The molecule has 1 unspecified atom stereocenters. The summed E-state index contributed by atoms with van der Waals surface area (Å²) in [6.07, 6.45) is 2.95. The molecule has 2 aromatic carbocycles. The molecule has 3 heterocycles. The molecule has 6 heteroatoms. The van der Waals surface area contributed by atoms with Crippen molar-refractivity contribution in [2.75, 3.05) is 18.0 Å². The Labute approximate surface area is 182 Å². The number of amides is 1. The van der Waals surface area contributed by atoms with Crippen molar-refractivity contribution in [2.24, 2.45) is 0 Å². The van der Waals surface area contributed by atoms with Gasteiger partial charge in [0.2, 0.25) is 0 Å². The predicted octanol–water partition coefficient (Wildman–Crippen LogP) is 4.93. The Morgan fingerprint density at radius 2 is 1.87 bits per heavy atom. The smallest absolute Gasteiger partial charge is 0.412 e. The molecule has 5 rings (SSSR count). The molecular weight excluding hydrogens is 388 g/mol. The lowest BCUT2D eigenvalue weighted by atomic mass is 9.95. The highest BCUT2D eigenvalue weighted by molar-refractivity contribution is 5.94. The molecule has 6 nitrogen and oxygen atoms in total. The van der Waals surface area contributed by atoms with Gasteiger partial charge in [0.05, 0.1) is 16.7 Å². The van der Waals surface area contributed by atoms with E-state index in [1.54, 1.807) is 0 Å². The zero-order chi connectivity index (χ0) is 21.5. The normalized spacial score (nSPS) is 20.6. The Morgan fingerprint density at radius 1 is 1.13 bits per heavy atom. The Bertz CT molecular complexity index is 1100. The lowest BCUT2D eigenvalue weighted by Gasteiger charge is -2.33. The van der Waals surface area contributed by atoms with E-state index in [9.17, 15) is 9.90 Å². The number of hydrogen-bond donors (Lipinski definition) is 2. The zero-order valence-corrected chi connectivity index (χ0v) is 18.2. The topological polar surface area (TPSA) is 70.4 Å². The molecule has 2 N–H and O–H groups in total. The van der Waals surface area contributed by atoms with E-state index in [0.717, 1.165) is 66.9 Å². The number of carbonyl (C=O) groups is 1. The van der Waals surface area contributed by atoms with Gasteiger partial charge in [-0.25, -0.2) is 9.78 Å². The molecule has 31 heavy (non-hydrogen) atoms.